The third-order valence-corrected chi connectivity index (χ3v) is 4.65. The van der Waals surface area contributed by atoms with E-state index in [9.17, 15) is 4.79 Å². The molecule has 1 heterocycles. The van der Waals surface area contributed by atoms with E-state index in [2.05, 4.69) is 5.32 Å². The van der Waals surface area contributed by atoms with Crippen LogP contribution in [0.4, 0.5) is 10.5 Å². The van der Waals surface area contributed by atoms with Crippen molar-refractivity contribution in [3.05, 3.63) is 29.8 Å². The molecule has 2 aliphatic rings. The number of hydrogen-bond acceptors (Lipinski definition) is 2. The molecular formula is C16H23N3O. The first-order valence-electron chi connectivity index (χ1n) is 7.50. The summed E-state index contributed by atoms with van der Waals surface area (Å²) >= 11 is 0. The maximum atomic E-state index is 12.3. The van der Waals surface area contributed by atoms with Gasteiger partial charge in [-0.25, -0.2) is 4.79 Å². The zero-order valence-electron chi connectivity index (χ0n) is 12.0. The second-order valence-corrected chi connectivity index (χ2v) is 6.30. The molecule has 20 heavy (non-hydrogen) atoms. The number of rotatable bonds is 1. The molecule has 1 saturated carbocycles. The number of benzene rings is 1. The monoisotopic (exact) mass is 273 g/mol. The van der Waals surface area contributed by atoms with Crippen molar-refractivity contribution in [3.8, 4) is 0 Å². The molecule has 3 atom stereocenters. The van der Waals surface area contributed by atoms with Crippen LogP contribution < -0.4 is 11.1 Å². The van der Waals surface area contributed by atoms with Crippen LogP contribution in [-0.2, 0) is 0 Å². The van der Waals surface area contributed by atoms with Crippen LogP contribution in [0.3, 0.4) is 0 Å². The van der Waals surface area contributed by atoms with Crippen LogP contribution in [-0.4, -0.2) is 30.1 Å². The first-order valence-corrected chi connectivity index (χ1v) is 7.50. The molecule has 1 aliphatic heterocycles. The molecule has 0 bridgehead atoms. The van der Waals surface area contributed by atoms with Gasteiger partial charge in [-0.2, -0.15) is 0 Å². The van der Waals surface area contributed by atoms with E-state index in [1.54, 1.807) is 0 Å². The number of nitrogens with two attached hydrogens (primary N) is 1. The van der Waals surface area contributed by atoms with Crippen molar-refractivity contribution in [3.63, 3.8) is 0 Å². The Morgan fingerprint density at radius 2 is 2.10 bits per heavy atom. The van der Waals surface area contributed by atoms with E-state index in [1.165, 1.54) is 6.42 Å². The number of carbonyl (C=O) groups is 1. The summed E-state index contributed by atoms with van der Waals surface area (Å²) in [6.45, 7) is 3.77. The molecule has 108 valence electrons. The highest BCUT2D eigenvalue weighted by molar-refractivity contribution is 5.89. The maximum absolute atomic E-state index is 12.3. The van der Waals surface area contributed by atoms with Gasteiger partial charge in [-0.15, -0.1) is 0 Å². The zero-order chi connectivity index (χ0) is 14.1. The number of nitrogens with zero attached hydrogens (tertiary/aromatic N) is 1. The average Bonchev–Trinajstić information content (AvgIpc) is 2.81. The Bertz CT molecular complexity index is 502. The molecule has 0 radical (unpaired) electrons. The number of hydrogen-bond donors (Lipinski definition) is 2. The lowest BCUT2D eigenvalue weighted by molar-refractivity contribution is 0.220. The number of nitrogens with one attached hydrogen (secondary N) is 1. The van der Waals surface area contributed by atoms with Gasteiger partial charge in [-0.05, 0) is 55.7 Å². The van der Waals surface area contributed by atoms with Crippen molar-refractivity contribution in [2.45, 2.75) is 32.2 Å². The fraction of sp³-hybridized carbons (Fsp3) is 0.562. The topological polar surface area (TPSA) is 58.4 Å². The molecule has 0 spiro atoms. The quantitative estimate of drug-likeness (QED) is 0.826. The zero-order valence-corrected chi connectivity index (χ0v) is 12.0. The highest BCUT2D eigenvalue weighted by Gasteiger charge is 2.38. The molecule has 1 saturated heterocycles. The minimum Gasteiger partial charge on any atom is -0.328 e. The van der Waals surface area contributed by atoms with Crippen LogP contribution in [0, 0.1) is 18.8 Å². The molecule has 1 unspecified atom stereocenters. The van der Waals surface area contributed by atoms with Crippen molar-refractivity contribution < 1.29 is 4.79 Å². The molecule has 4 nitrogen and oxygen atoms in total. The molecule has 4 heteroatoms. The Balaban J connectivity index is 1.61. The van der Waals surface area contributed by atoms with Crippen molar-refractivity contribution >= 4 is 11.7 Å². The van der Waals surface area contributed by atoms with Gasteiger partial charge in [0.05, 0.1) is 0 Å². The number of urea groups is 1. The number of carbonyl (C=O) groups excluding carboxylic acids is 1. The summed E-state index contributed by atoms with van der Waals surface area (Å²) in [6, 6.07) is 8.28. The van der Waals surface area contributed by atoms with Crippen LogP contribution in [0.5, 0.6) is 0 Å². The first kappa shape index (κ1) is 13.4. The van der Waals surface area contributed by atoms with Gasteiger partial charge in [0.2, 0.25) is 0 Å². The van der Waals surface area contributed by atoms with Crippen molar-refractivity contribution in [1.29, 1.82) is 0 Å². The van der Waals surface area contributed by atoms with Gasteiger partial charge < -0.3 is 16.0 Å². The normalized spacial score (nSPS) is 29.1. The lowest BCUT2D eigenvalue weighted by Crippen LogP contribution is -2.33. The van der Waals surface area contributed by atoms with Gasteiger partial charge >= 0.3 is 6.03 Å². The van der Waals surface area contributed by atoms with Crippen LogP contribution in [0.15, 0.2) is 24.3 Å². The van der Waals surface area contributed by atoms with Crippen molar-refractivity contribution in [2.75, 3.05) is 18.4 Å². The fourth-order valence-electron chi connectivity index (χ4n) is 3.56. The first-order chi connectivity index (χ1) is 9.61. The lowest BCUT2D eigenvalue weighted by atomic mass is 9.79. The molecule has 1 aromatic rings. The third kappa shape index (κ3) is 2.80. The minimum absolute atomic E-state index is 0.0265. The van der Waals surface area contributed by atoms with Gasteiger partial charge in [0.1, 0.15) is 0 Å². The number of fused-ring (bicyclic) bond motifs is 1. The molecule has 1 aliphatic carbocycles. The van der Waals surface area contributed by atoms with Crippen LogP contribution in [0.1, 0.15) is 24.8 Å². The summed E-state index contributed by atoms with van der Waals surface area (Å²) in [7, 11) is 0. The van der Waals surface area contributed by atoms with E-state index in [4.69, 9.17) is 5.73 Å². The standard InChI is InChI=1S/C16H23N3O/c1-11-3-2-4-15(7-11)18-16(20)19-9-12-5-6-14(17)8-13(12)10-19/h2-4,7,12-14H,5-6,8-10,17H2,1H3,(H,18,20)/t12-,13+,14?/m1/s1. The number of aryl methyl sites for hydroxylation is 1. The Labute approximate surface area is 120 Å². The van der Waals surface area contributed by atoms with E-state index >= 15 is 0 Å². The van der Waals surface area contributed by atoms with Crippen LogP contribution >= 0.6 is 0 Å². The minimum atomic E-state index is 0.0265. The maximum Gasteiger partial charge on any atom is 0.321 e. The highest BCUT2D eigenvalue weighted by atomic mass is 16.2. The summed E-state index contributed by atoms with van der Waals surface area (Å²) in [5, 5.41) is 3.00. The third-order valence-electron chi connectivity index (χ3n) is 4.65. The molecule has 0 aromatic heterocycles. The molecule has 3 rings (SSSR count). The summed E-state index contributed by atoms with van der Waals surface area (Å²) in [6.07, 6.45) is 3.34. The predicted octanol–water partition coefficient (Wildman–Crippen LogP) is 2.59. The molecule has 2 fully saturated rings. The highest BCUT2D eigenvalue weighted by Crippen LogP contribution is 2.35. The summed E-state index contributed by atoms with van der Waals surface area (Å²) in [5.41, 5.74) is 8.07. The smallest absolute Gasteiger partial charge is 0.321 e. The summed E-state index contributed by atoms with van der Waals surface area (Å²) in [4.78, 5) is 14.3. The Hall–Kier alpha value is -1.55. The largest absolute Gasteiger partial charge is 0.328 e. The van der Waals surface area contributed by atoms with E-state index in [-0.39, 0.29) is 6.03 Å². The SMILES string of the molecule is Cc1cccc(NC(=O)N2C[C@H]3CCC(N)C[C@H]3C2)c1. The average molecular weight is 273 g/mol. The van der Waals surface area contributed by atoms with Crippen LogP contribution in [0.2, 0.25) is 0 Å². The van der Waals surface area contributed by atoms with Crippen molar-refractivity contribution in [2.24, 2.45) is 17.6 Å². The number of anilines is 1. The second-order valence-electron chi connectivity index (χ2n) is 6.30. The van der Waals surface area contributed by atoms with E-state index in [1.807, 2.05) is 36.1 Å². The number of likely N-dealkylation sites (tertiary alicyclic amines) is 1. The Morgan fingerprint density at radius 3 is 2.90 bits per heavy atom. The van der Waals surface area contributed by atoms with Gasteiger partial charge in [0.25, 0.3) is 0 Å². The second kappa shape index (κ2) is 5.44. The number of amides is 2. The van der Waals surface area contributed by atoms with Gasteiger partial charge in [0, 0.05) is 24.8 Å². The molecular weight excluding hydrogens is 250 g/mol. The fourth-order valence-corrected chi connectivity index (χ4v) is 3.56. The predicted molar refractivity (Wildman–Crippen MR) is 80.6 cm³/mol. The van der Waals surface area contributed by atoms with Gasteiger partial charge in [-0.1, -0.05) is 12.1 Å². The molecule has 3 N–H and O–H groups in total. The van der Waals surface area contributed by atoms with Gasteiger partial charge in [-0.3, -0.25) is 0 Å². The summed E-state index contributed by atoms with van der Waals surface area (Å²) < 4.78 is 0. The van der Waals surface area contributed by atoms with E-state index in [0.717, 1.165) is 37.2 Å². The summed E-state index contributed by atoms with van der Waals surface area (Å²) in [5.74, 6) is 1.25. The molecule has 1 aromatic carbocycles. The van der Waals surface area contributed by atoms with E-state index in [0.29, 0.717) is 17.9 Å². The van der Waals surface area contributed by atoms with Gasteiger partial charge in [0.15, 0.2) is 0 Å². The van der Waals surface area contributed by atoms with Crippen LogP contribution in [0.25, 0.3) is 0 Å². The Morgan fingerprint density at radius 1 is 1.30 bits per heavy atom. The molecule has 2 amide bonds. The van der Waals surface area contributed by atoms with Crippen molar-refractivity contribution in [1.82, 2.24) is 4.90 Å². The Kier molecular flexibility index (Phi) is 3.66. The lowest BCUT2D eigenvalue weighted by Gasteiger charge is -2.27. The van der Waals surface area contributed by atoms with E-state index < -0.39 is 0 Å².